The molecule has 0 radical (unpaired) electrons. The first-order valence-electron chi connectivity index (χ1n) is 7.39. The summed E-state index contributed by atoms with van der Waals surface area (Å²) in [5, 5.41) is 0.314. The molecule has 1 aliphatic rings. The number of rotatable bonds is 3. The van der Waals surface area contributed by atoms with Crippen LogP contribution in [0, 0.1) is 5.92 Å². The maximum atomic E-state index is 14.5. The number of halogens is 5. The predicted octanol–water partition coefficient (Wildman–Crippen LogP) is 5.32. The fraction of sp³-hybridized carbons (Fsp3) is 0.625. The van der Waals surface area contributed by atoms with Gasteiger partial charge in [0.25, 0.3) is 0 Å². The summed E-state index contributed by atoms with van der Waals surface area (Å²) in [5.41, 5.74) is -1.44. The zero-order valence-electron chi connectivity index (χ0n) is 12.7. The molecule has 6 heteroatoms. The van der Waals surface area contributed by atoms with E-state index in [4.69, 9.17) is 11.6 Å². The van der Waals surface area contributed by atoms with E-state index in [2.05, 4.69) is 0 Å². The van der Waals surface area contributed by atoms with Gasteiger partial charge in [-0.1, -0.05) is 25.4 Å². The lowest BCUT2D eigenvalue weighted by molar-refractivity contribution is -0.137. The average molecular weight is 338 g/mol. The molecule has 0 saturated carbocycles. The van der Waals surface area contributed by atoms with E-state index in [-0.39, 0.29) is 5.92 Å². The summed E-state index contributed by atoms with van der Waals surface area (Å²) >= 11 is 6.00. The first-order valence-corrected chi connectivity index (χ1v) is 7.76. The molecule has 1 nitrogen and oxygen atoms in total. The van der Waals surface area contributed by atoms with E-state index in [9.17, 15) is 17.6 Å². The number of alkyl halides is 4. The lowest BCUT2D eigenvalue weighted by atomic mass is 9.83. The highest BCUT2D eigenvalue weighted by molar-refractivity contribution is 6.31. The standard InChI is InChI=1S/C16H20ClF4N/c1-11(2)15(18)5-7-22(8-6-15)10-12-9-13(16(19,20)21)3-4-14(12)17/h3-4,9,11H,5-8,10H2,1-2H3. The lowest BCUT2D eigenvalue weighted by Crippen LogP contribution is -2.44. The quantitative estimate of drug-likeness (QED) is 0.675. The predicted molar refractivity (Wildman–Crippen MR) is 79.6 cm³/mol. The molecule has 0 spiro atoms. The van der Waals surface area contributed by atoms with Crippen molar-refractivity contribution in [2.75, 3.05) is 13.1 Å². The molecule has 0 amide bonds. The summed E-state index contributed by atoms with van der Waals surface area (Å²) in [6.45, 7) is 5.10. The third kappa shape index (κ3) is 3.93. The number of benzene rings is 1. The van der Waals surface area contributed by atoms with E-state index in [1.165, 1.54) is 6.07 Å². The van der Waals surface area contributed by atoms with Crippen LogP contribution in [0.15, 0.2) is 18.2 Å². The van der Waals surface area contributed by atoms with Gasteiger partial charge in [-0.05, 0) is 42.5 Å². The Bertz CT molecular complexity index is 519. The van der Waals surface area contributed by atoms with E-state index in [0.717, 1.165) is 12.1 Å². The monoisotopic (exact) mass is 337 g/mol. The van der Waals surface area contributed by atoms with Gasteiger partial charge in [0.15, 0.2) is 0 Å². The van der Waals surface area contributed by atoms with Crippen molar-refractivity contribution in [1.29, 1.82) is 0 Å². The van der Waals surface area contributed by atoms with Crippen molar-refractivity contribution < 1.29 is 17.6 Å². The van der Waals surface area contributed by atoms with Crippen LogP contribution in [0.25, 0.3) is 0 Å². The molecule has 0 atom stereocenters. The maximum absolute atomic E-state index is 14.5. The highest BCUT2D eigenvalue weighted by Crippen LogP contribution is 2.35. The van der Waals surface area contributed by atoms with Gasteiger partial charge < -0.3 is 0 Å². The van der Waals surface area contributed by atoms with Crippen LogP contribution in [0.5, 0.6) is 0 Å². The Kier molecular flexibility index (Phi) is 5.07. The SMILES string of the molecule is CC(C)C1(F)CCN(Cc2cc(C(F)(F)F)ccc2Cl)CC1. The highest BCUT2D eigenvalue weighted by Gasteiger charge is 2.37. The van der Waals surface area contributed by atoms with Crippen LogP contribution < -0.4 is 0 Å². The largest absolute Gasteiger partial charge is 0.416 e. The van der Waals surface area contributed by atoms with Gasteiger partial charge in [-0.2, -0.15) is 13.2 Å². The van der Waals surface area contributed by atoms with Crippen LogP contribution in [0.3, 0.4) is 0 Å². The number of hydrogen-bond donors (Lipinski definition) is 0. The second-order valence-corrected chi connectivity index (χ2v) is 6.68. The minimum atomic E-state index is -4.38. The minimum absolute atomic E-state index is 0.0493. The Morgan fingerprint density at radius 3 is 2.32 bits per heavy atom. The first-order chi connectivity index (χ1) is 10.1. The molecule has 0 bridgehead atoms. The molecule has 2 rings (SSSR count). The Hall–Kier alpha value is -0.810. The Balaban J connectivity index is 2.06. The van der Waals surface area contributed by atoms with Crippen LogP contribution >= 0.6 is 11.6 Å². The molecule has 0 unspecified atom stereocenters. The molecule has 1 fully saturated rings. The summed E-state index contributed by atoms with van der Waals surface area (Å²) in [7, 11) is 0. The molecular weight excluding hydrogens is 318 g/mol. The van der Waals surface area contributed by atoms with Gasteiger partial charge >= 0.3 is 6.18 Å². The lowest BCUT2D eigenvalue weighted by Gasteiger charge is -2.39. The summed E-state index contributed by atoms with van der Waals surface area (Å²) in [4.78, 5) is 1.96. The maximum Gasteiger partial charge on any atom is 0.416 e. The highest BCUT2D eigenvalue weighted by atomic mass is 35.5. The fourth-order valence-electron chi connectivity index (χ4n) is 2.77. The second-order valence-electron chi connectivity index (χ2n) is 6.27. The van der Waals surface area contributed by atoms with Gasteiger partial charge in [0.05, 0.1) is 5.56 Å². The molecule has 22 heavy (non-hydrogen) atoms. The summed E-state index contributed by atoms with van der Waals surface area (Å²) in [6.07, 6.45) is -3.57. The average Bonchev–Trinajstić information content (AvgIpc) is 2.42. The topological polar surface area (TPSA) is 3.24 Å². The molecule has 1 aromatic carbocycles. The van der Waals surface area contributed by atoms with Crippen molar-refractivity contribution in [3.63, 3.8) is 0 Å². The van der Waals surface area contributed by atoms with Crippen molar-refractivity contribution in [2.45, 2.75) is 45.1 Å². The molecule has 1 heterocycles. The van der Waals surface area contributed by atoms with E-state index >= 15 is 0 Å². The van der Waals surface area contributed by atoms with Crippen molar-refractivity contribution in [1.82, 2.24) is 4.90 Å². The molecule has 1 saturated heterocycles. The third-order valence-electron chi connectivity index (χ3n) is 4.49. The molecule has 0 aromatic heterocycles. The van der Waals surface area contributed by atoms with E-state index in [0.29, 0.717) is 43.1 Å². The van der Waals surface area contributed by atoms with E-state index in [1.54, 1.807) is 0 Å². The van der Waals surface area contributed by atoms with Gasteiger partial charge in [0.2, 0.25) is 0 Å². The fourth-order valence-corrected chi connectivity index (χ4v) is 2.95. The summed E-state index contributed by atoms with van der Waals surface area (Å²) < 4.78 is 52.8. The van der Waals surface area contributed by atoms with Crippen LogP contribution in [0.4, 0.5) is 17.6 Å². The normalized spacial score (nSPS) is 19.6. The second kappa shape index (κ2) is 6.36. The van der Waals surface area contributed by atoms with Crippen LogP contribution in [-0.4, -0.2) is 23.7 Å². The van der Waals surface area contributed by atoms with Crippen LogP contribution in [0.2, 0.25) is 5.02 Å². The number of nitrogens with zero attached hydrogens (tertiary/aromatic N) is 1. The van der Waals surface area contributed by atoms with Crippen molar-refractivity contribution in [2.24, 2.45) is 5.92 Å². The number of hydrogen-bond acceptors (Lipinski definition) is 1. The molecular formula is C16H20ClF4N. The number of piperidine rings is 1. The third-order valence-corrected chi connectivity index (χ3v) is 4.86. The summed E-state index contributed by atoms with van der Waals surface area (Å²) in [5.74, 6) is -0.0493. The number of likely N-dealkylation sites (tertiary alicyclic amines) is 1. The van der Waals surface area contributed by atoms with Gasteiger partial charge in [0, 0.05) is 24.7 Å². The zero-order chi connectivity index (χ0) is 16.5. The van der Waals surface area contributed by atoms with Crippen molar-refractivity contribution >= 4 is 11.6 Å². The van der Waals surface area contributed by atoms with Gasteiger partial charge in [-0.3, -0.25) is 4.90 Å². The Morgan fingerprint density at radius 1 is 1.23 bits per heavy atom. The van der Waals surface area contributed by atoms with Crippen molar-refractivity contribution in [3.05, 3.63) is 34.3 Å². The molecule has 0 N–H and O–H groups in total. The molecule has 0 aliphatic carbocycles. The zero-order valence-corrected chi connectivity index (χ0v) is 13.4. The van der Waals surface area contributed by atoms with Crippen LogP contribution in [0.1, 0.15) is 37.8 Å². The molecule has 1 aliphatic heterocycles. The summed E-state index contributed by atoms with van der Waals surface area (Å²) in [6, 6.07) is 3.34. The molecule has 1 aromatic rings. The van der Waals surface area contributed by atoms with E-state index < -0.39 is 17.4 Å². The first kappa shape index (κ1) is 17.5. The van der Waals surface area contributed by atoms with Gasteiger partial charge in [-0.25, -0.2) is 4.39 Å². The minimum Gasteiger partial charge on any atom is -0.299 e. The Labute approximate surface area is 133 Å². The molecule has 124 valence electrons. The van der Waals surface area contributed by atoms with Crippen LogP contribution in [-0.2, 0) is 12.7 Å². The van der Waals surface area contributed by atoms with Gasteiger partial charge in [0.1, 0.15) is 5.67 Å². The Morgan fingerprint density at radius 2 is 1.82 bits per heavy atom. The van der Waals surface area contributed by atoms with Crippen molar-refractivity contribution in [3.8, 4) is 0 Å². The smallest absolute Gasteiger partial charge is 0.299 e. The van der Waals surface area contributed by atoms with Gasteiger partial charge in [-0.15, -0.1) is 0 Å². The van der Waals surface area contributed by atoms with E-state index in [1.807, 2.05) is 18.7 Å².